The second-order valence-electron chi connectivity index (χ2n) is 4.61. The summed E-state index contributed by atoms with van der Waals surface area (Å²) in [6.07, 6.45) is 6.39. The molecule has 1 aliphatic rings. The molecule has 5 nitrogen and oxygen atoms in total. The second kappa shape index (κ2) is 5.14. The fourth-order valence-electron chi connectivity index (χ4n) is 2.25. The SMILES string of the molecule is O=C(NCCn1ccnc1)c1ccc2c(c1)NCC2. The number of imidazole rings is 1. The predicted molar refractivity (Wildman–Crippen MR) is 73.2 cm³/mol. The largest absolute Gasteiger partial charge is 0.384 e. The van der Waals surface area contributed by atoms with Crippen LogP contribution in [-0.2, 0) is 13.0 Å². The van der Waals surface area contributed by atoms with Crippen LogP contribution in [0.15, 0.2) is 36.9 Å². The maximum Gasteiger partial charge on any atom is 0.251 e. The normalized spacial score (nSPS) is 12.8. The Labute approximate surface area is 111 Å². The van der Waals surface area contributed by atoms with Crippen LogP contribution in [0.4, 0.5) is 5.69 Å². The van der Waals surface area contributed by atoms with Gasteiger partial charge in [-0.3, -0.25) is 4.79 Å². The van der Waals surface area contributed by atoms with Gasteiger partial charge in [0, 0.05) is 43.3 Å². The quantitative estimate of drug-likeness (QED) is 0.866. The van der Waals surface area contributed by atoms with Gasteiger partial charge in [-0.2, -0.15) is 0 Å². The molecule has 3 rings (SSSR count). The molecule has 0 atom stereocenters. The molecule has 98 valence electrons. The van der Waals surface area contributed by atoms with Gasteiger partial charge in [0.25, 0.3) is 5.91 Å². The van der Waals surface area contributed by atoms with Gasteiger partial charge in [-0.05, 0) is 24.1 Å². The van der Waals surface area contributed by atoms with E-state index in [2.05, 4.69) is 15.6 Å². The Kier molecular flexibility index (Phi) is 3.18. The Morgan fingerprint density at radius 3 is 3.26 bits per heavy atom. The van der Waals surface area contributed by atoms with E-state index in [0.29, 0.717) is 12.1 Å². The molecule has 0 fully saturated rings. The highest BCUT2D eigenvalue weighted by Crippen LogP contribution is 2.22. The van der Waals surface area contributed by atoms with Gasteiger partial charge in [-0.25, -0.2) is 4.98 Å². The van der Waals surface area contributed by atoms with Crippen molar-refractivity contribution in [3.05, 3.63) is 48.0 Å². The summed E-state index contributed by atoms with van der Waals surface area (Å²) < 4.78 is 1.94. The summed E-state index contributed by atoms with van der Waals surface area (Å²) in [5.41, 5.74) is 3.08. The number of fused-ring (bicyclic) bond motifs is 1. The van der Waals surface area contributed by atoms with Gasteiger partial charge in [-0.1, -0.05) is 6.07 Å². The number of hydrogen-bond donors (Lipinski definition) is 2. The van der Waals surface area contributed by atoms with Crippen LogP contribution in [0, 0.1) is 0 Å². The molecule has 2 heterocycles. The minimum atomic E-state index is -0.0309. The molecule has 0 unspecified atom stereocenters. The van der Waals surface area contributed by atoms with E-state index in [9.17, 15) is 4.79 Å². The highest BCUT2D eigenvalue weighted by Gasteiger charge is 2.12. The summed E-state index contributed by atoms with van der Waals surface area (Å²) in [5, 5.41) is 6.19. The molecule has 0 radical (unpaired) electrons. The molecule has 1 aromatic heterocycles. The molecule has 1 aromatic carbocycles. The topological polar surface area (TPSA) is 59.0 Å². The second-order valence-corrected chi connectivity index (χ2v) is 4.61. The first kappa shape index (κ1) is 11.8. The number of carbonyl (C=O) groups is 1. The number of nitrogens with zero attached hydrogens (tertiary/aromatic N) is 2. The van der Waals surface area contributed by atoms with Gasteiger partial charge in [-0.15, -0.1) is 0 Å². The molecular formula is C14H16N4O. The summed E-state index contributed by atoms with van der Waals surface area (Å²) >= 11 is 0. The summed E-state index contributed by atoms with van der Waals surface area (Å²) in [4.78, 5) is 16.0. The molecule has 2 aromatic rings. The zero-order valence-corrected chi connectivity index (χ0v) is 10.6. The van der Waals surface area contributed by atoms with Crippen molar-refractivity contribution in [2.45, 2.75) is 13.0 Å². The molecule has 0 aliphatic carbocycles. The number of nitrogens with one attached hydrogen (secondary N) is 2. The van der Waals surface area contributed by atoms with Gasteiger partial charge in [0.15, 0.2) is 0 Å². The maximum atomic E-state index is 12.0. The van der Waals surface area contributed by atoms with Crippen LogP contribution in [0.2, 0.25) is 0 Å². The Morgan fingerprint density at radius 2 is 2.42 bits per heavy atom. The van der Waals surface area contributed by atoms with Crippen molar-refractivity contribution < 1.29 is 4.79 Å². The van der Waals surface area contributed by atoms with E-state index < -0.39 is 0 Å². The number of anilines is 1. The van der Waals surface area contributed by atoms with E-state index in [1.165, 1.54) is 5.56 Å². The molecule has 19 heavy (non-hydrogen) atoms. The average molecular weight is 256 g/mol. The maximum absolute atomic E-state index is 12.0. The van der Waals surface area contributed by atoms with Crippen molar-refractivity contribution in [1.82, 2.24) is 14.9 Å². The standard InChI is InChI=1S/C14H16N4O/c19-14(17-6-8-18-7-5-15-10-18)12-2-1-11-3-4-16-13(11)9-12/h1-2,5,7,9-10,16H,3-4,6,8H2,(H,17,19). The van der Waals surface area contributed by atoms with Gasteiger partial charge in [0.1, 0.15) is 0 Å². The smallest absolute Gasteiger partial charge is 0.251 e. The lowest BCUT2D eigenvalue weighted by Gasteiger charge is -2.07. The third-order valence-electron chi connectivity index (χ3n) is 3.30. The van der Waals surface area contributed by atoms with Crippen molar-refractivity contribution >= 4 is 11.6 Å². The van der Waals surface area contributed by atoms with Crippen molar-refractivity contribution in [2.24, 2.45) is 0 Å². The van der Waals surface area contributed by atoms with Crippen molar-refractivity contribution in [2.75, 3.05) is 18.4 Å². The molecule has 0 saturated heterocycles. The molecule has 0 saturated carbocycles. The van der Waals surface area contributed by atoms with E-state index in [1.807, 2.05) is 29.0 Å². The summed E-state index contributed by atoms with van der Waals surface area (Å²) in [6.45, 7) is 2.29. The molecule has 5 heteroatoms. The van der Waals surface area contributed by atoms with Crippen LogP contribution in [0.25, 0.3) is 0 Å². The zero-order valence-electron chi connectivity index (χ0n) is 10.6. The van der Waals surface area contributed by atoms with Crippen molar-refractivity contribution in [3.8, 4) is 0 Å². The fraction of sp³-hybridized carbons (Fsp3) is 0.286. The van der Waals surface area contributed by atoms with E-state index in [4.69, 9.17) is 0 Å². The lowest BCUT2D eigenvalue weighted by molar-refractivity contribution is 0.0952. The van der Waals surface area contributed by atoms with Crippen molar-refractivity contribution in [1.29, 1.82) is 0 Å². The highest BCUT2D eigenvalue weighted by atomic mass is 16.1. The first-order chi connectivity index (χ1) is 9.33. The number of aromatic nitrogens is 2. The minimum absolute atomic E-state index is 0.0309. The summed E-state index contributed by atoms with van der Waals surface area (Å²) in [7, 11) is 0. The first-order valence-electron chi connectivity index (χ1n) is 6.44. The van der Waals surface area contributed by atoms with Gasteiger partial charge in [0.05, 0.1) is 6.33 Å². The Morgan fingerprint density at radius 1 is 1.47 bits per heavy atom. The predicted octanol–water partition coefficient (Wildman–Crippen LogP) is 1.28. The third kappa shape index (κ3) is 2.59. The van der Waals surface area contributed by atoms with Crippen LogP contribution in [0.1, 0.15) is 15.9 Å². The highest BCUT2D eigenvalue weighted by molar-refractivity contribution is 5.95. The van der Waals surface area contributed by atoms with E-state index in [-0.39, 0.29) is 5.91 Å². The van der Waals surface area contributed by atoms with Crippen LogP contribution in [-0.4, -0.2) is 28.5 Å². The van der Waals surface area contributed by atoms with Crippen molar-refractivity contribution in [3.63, 3.8) is 0 Å². The molecule has 0 spiro atoms. The van der Waals surface area contributed by atoms with E-state index in [1.54, 1.807) is 12.5 Å². The average Bonchev–Trinajstić information content (AvgIpc) is 3.08. The Hall–Kier alpha value is -2.30. The van der Waals surface area contributed by atoms with Crippen LogP contribution in [0.3, 0.4) is 0 Å². The number of amides is 1. The first-order valence-corrected chi connectivity index (χ1v) is 6.44. The summed E-state index contributed by atoms with van der Waals surface area (Å²) in [5.74, 6) is -0.0309. The fourth-order valence-corrected chi connectivity index (χ4v) is 2.25. The number of rotatable bonds is 4. The Balaban J connectivity index is 1.58. The monoisotopic (exact) mass is 256 g/mol. The van der Waals surface area contributed by atoms with E-state index >= 15 is 0 Å². The molecule has 1 amide bonds. The molecule has 2 N–H and O–H groups in total. The number of benzene rings is 1. The van der Waals surface area contributed by atoms with Gasteiger partial charge < -0.3 is 15.2 Å². The lowest BCUT2D eigenvalue weighted by Crippen LogP contribution is -2.27. The summed E-state index contributed by atoms with van der Waals surface area (Å²) in [6, 6.07) is 5.84. The lowest BCUT2D eigenvalue weighted by atomic mass is 10.1. The van der Waals surface area contributed by atoms with E-state index in [0.717, 1.165) is 25.2 Å². The molecule has 1 aliphatic heterocycles. The number of carbonyl (C=O) groups excluding carboxylic acids is 1. The van der Waals surface area contributed by atoms with Crippen LogP contribution >= 0.6 is 0 Å². The molecular weight excluding hydrogens is 240 g/mol. The van der Waals surface area contributed by atoms with Crippen LogP contribution in [0.5, 0.6) is 0 Å². The molecule has 0 bridgehead atoms. The number of hydrogen-bond acceptors (Lipinski definition) is 3. The van der Waals surface area contributed by atoms with Gasteiger partial charge in [0.2, 0.25) is 0 Å². The zero-order chi connectivity index (χ0) is 13.1. The van der Waals surface area contributed by atoms with Crippen LogP contribution < -0.4 is 10.6 Å². The third-order valence-corrected chi connectivity index (χ3v) is 3.30. The Bertz CT molecular complexity index is 577. The van der Waals surface area contributed by atoms with Gasteiger partial charge >= 0.3 is 0 Å². The minimum Gasteiger partial charge on any atom is -0.384 e.